The summed E-state index contributed by atoms with van der Waals surface area (Å²) in [5.74, 6) is -0.484. The Morgan fingerprint density at radius 3 is 2.56 bits per heavy atom. The molecule has 0 spiro atoms. The van der Waals surface area contributed by atoms with Crippen LogP contribution in [0, 0.1) is 13.8 Å². The van der Waals surface area contributed by atoms with E-state index in [0.29, 0.717) is 12.1 Å². The molecule has 3 heteroatoms. The van der Waals surface area contributed by atoms with Gasteiger partial charge in [0.2, 0.25) is 0 Å². The molecule has 0 saturated heterocycles. The lowest BCUT2D eigenvalue weighted by Crippen LogP contribution is -2.15. The highest BCUT2D eigenvalue weighted by atomic mass is 16.5. The van der Waals surface area contributed by atoms with Crippen LogP contribution >= 0.6 is 0 Å². The molecule has 1 rings (SSSR count). The molecular formula is C13H19NO2. The lowest BCUT2D eigenvalue weighted by molar-refractivity contribution is -0.142. The number of nitrogen functional groups attached to an aromatic ring is 1. The first-order chi connectivity index (χ1) is 7.51. The Balaban J connectivity index is 3.24. The average Bonchev–Trinajstić information content (AvgIpc) is 2.25. The maximum atomic E-state index is 11.6. The number of benzene rings is 1. The van der Waals surface area contributed by atoms with E-state index < -0.39 is 0 Å². The molecule has 0 saturated carbocycles. The summed E-state index contributed by atoms with van der Waals surface area (Å²) < 4.78 is 4.80. The summed E-state index contributed by atoms with van der Waals surface area (Å²) in [6.07, 6.45) is 0.694. The zero-order chi connectivity index (χ0) is 12.3. The van der Waals surface area contributed by atoms with E-state index in [0.717, 1.165) is 16.7 Å². The van der Waals surface area contributed by atoms with E-state index in [4.69, 9.17) is 10.5 Å². The third-order valence-electron chi connectivity index (χ3n) is 2.83. The third-order valence-corrected chi connectivity index (χ3v) is 2.83. The fraction of sp³-hybridized carbons (Fsp3) is 0.462. The summed E-state index contributed by atoms with van der Waals surface area (Å²) in [5, 5.41) is 0. The quantitative estimate of drug-likeness (QED) is 0.630. The molecule has 3 nitrogen and oxygen atoms in total. The Labute approximate surface area is 96.6 Å². The van der Waals surface area contributed by atoms with Crippen LogP contribution in [0.2, 0.25) is 0 Å². The highest BCUT2D eigenvalue weighted by molar-refractivity contribution is 5.80. The fourth-order valence-corrected chi connectivity index (χ4v) is 1.96. The molecule has 0 aliphatic carbocycles. The van der Waals surface area contributed by atoms with Gasteiger partial charge in [0.15, 0.2) is 0 Å². The average molecular weight is 221 g/mol. The van der Waals surface area contributed by atoms with Gasteiger partial charge in [0, 0.05) is 5.69 Å². The Kier molecular flexibility index (Phi) is 3.93. The van der Waals surface area contributed by atoms with Crippen molar-refractivity contribution in [2.24, 2.45) is 0 Å². The SMILES string of the molecule is CCC(C(=O)OC)c1cc(C)cc(C)c1N. The van der Waals surface area contributed by atoms with Gasteiger partial charge in [-0.15, -0.1) is 0 Å². The van der Waals surface area contributed by atoms with Crippen molar-refractivity contribution in [1.82, 2.24) is 0 Å². The fourth-order valence-electron chi connectivity index (χ4n) is 1.96. The number of ether oxygens (including phenoxy) is 1. The van der Waals surface area contributed by atoms with Crippen molar-refractivity contribution >= 4 is 11.7 Å². The zero-order valence-electron chi connectivity index (χ0n) is 10.3. The summed E-state index contributed by atoms with van der Waals surface area (Å²) in [6, 6.07) is 3.98. The Bertz CT molecular complexity index is 399. The minimum atomic E-state index is -0.261. The van der Waals surface area contributed by atoms with Gasteiger partial charge in [0.05, 0.1) is 13.0 Å². The highest BCUT2D eigenvalue weighted by Crippen LogP contribution is 2.29. The van der Waals surface area contributed by atoms with Gasteiger partial charge in [-0.3, -0.25) is 4.79 Å². The van der Waals surface area contributed by atoms with E-state index in [-0.39, 0.29) is 11.9 Å². The van der Waals surface area contributed by atoms with E-state index in [2.05, 4.69) is 0 Å². The van der Waals surface area contributed by atoms with Crippen LogP contribution in [0.3, 0.4) is 0 Å². The first kappa shape index (κ1) is 12.6. The second-order valence-electron chi connectivity index (χ2n) is 4.07. The summed E-state index contributed by atoms with van der Waals surface area (Å²) in [6.45, 7) is 5.91. The normalized spacial score (nSPS) is 12.2. The van der Waals surface area contributed by atoms with Crippen LogP contribution in [0.1, 0.15) is 36.0 Å². The monoisotopic (exact) mass is 221 g/mol. The molecule has 0 fully saturated rings. The molecule has 1 aromatic carbocycles. The smallest absolute Gasteiger partial charge is 0.313 e. The summed E-state index contributed by atoms with van der Waals surface area (Å²) in [5.41, 5.74) is 9.72. The first-order valence-corrected chi connectivity index (χ1v) is 5.45. The Morgan fingerprint density at radius 1 is 1.44 bits per heavy atom. The van der Waals surface area contributed by atoms with Crippen LogP contribution in [0.5, 0.6) is 0 Å². The molecule has 88 valence electrons. The van der Waals surface area contributed by atoms with Crippen LogP contribution in [-0.2, 0) is 9.53 Å². The number of carbonyl (C=O) groups excluding carboxylic acids is 1. The number of carbonyl (C=O) groups is 1. The molecule has 0 amide bonds. The molecule has 2 N–H and O–H groups in total. The van der Waals surface area contributed by atoms with Crippen LogP contribution in [0.25, 0.3) is 0 Å². The molecule has 1 unspecified atom stereocenters. The molecular weight excluding hydrogens is 202 g/mol. The van der Waals surface area contributed by atoms with Crippen molar-refractivity contribution in [3.63, 3.8) is 0 Å². The van der Waals surface area contributed by atoms with Crippen LogP contribution < -0.4 is 5.73 Å². The van der Waals surface area contributed by atoms with E-state index in [9.17, 15) is 4.79 Å². The molecule has 0 aliphatic rings. The predicted octanol–water partition coefficient (Wildman–Crippen LogP) is 2.55. The van der Waals surface area contributed by atoms with Gasteiger partial charge in [0.1, 0.15) is 0 Å². The van der Waals surface area contributed by atoms with Crippen LogP contribution in [0.4, 0.5) is 5.69 Å². The molecule has 0 aliphatic heterocycles. The maximum Gasteiger partial charge on any atom is 0.313 e. The number of methoxy groups -OCH3 is 1. The van der Waals surface area contributed by atoms with Crippen molar-refractivity contribution in [2.75, 3.05) is 12.8 Å². The number of anilines is 1. The second kappa shape index (κ2) is 5.01. The molecule has 1 aromatic rings. The number of aryl methyl sites for hydroxylation is 2. The molecule has 0 bridgehead atoms. The summed E-state index contributed by atoms with van der Waals surface area (Å²) in [7, 11) is 1.41. The second-order valence-corrected chi connectivity index (χ2v) is 4.07. The van der Waals surface area contributed by atoms with Gasteiger partial charge in [-0.2, -0.15) is 0 Å². The summed E-state index contributed by atoms with van der Waals surface area (Å²) >= 11 is 0. The lowest BCUT2D eigenvalue weighted by Gasteiger charge is -2.17. The molecule has 0 heterocycles. The van der Waals surface area contributed by atoms with Crippen molar-refractivity contribution in [3.8, 4) is 0 Å². The number of esters is 1. The van der Waals surface area contributed by atoms with Gasteiger partial charge in [-0.1, -0.05) is 24.6 Å². The van der Waals surface area contributed by atoms with Crippen molar-refractivity contribution in [3.05, 3.63) is 28.8 Å². The topological polar surface area (TPSA) is 52.3 Å². The van der Waals surface area contributed by atoms with E-state index in [1.54, 1.807) is 0 Å². The molecule has 1 atom stereocenters. The summed E-state index contributed by atoms with van der Waals surface area (Å²) in [4.78, 5) is 11.6. The number of hydrogen-bond donors (Lipinski definition) is 1. The van der Waals surface area contributed by atoms with Crippen molar-refractivity contribution < 1.29 is 9.53 Å². The minimum Gasteiger partial charge on any atom is -0.469 e. The number of rotatable bonds is 3. The molecule has 0 aromatic heterocycles. The largest absolute Gasteiger partial charge is 0.469 e. The zero-order valence-corrected chi connectivity index (χ0v) is 10.3. The molecule has 0 radical (unpaired) electrons. The first-order valence-electron chi connectivity index (χ1n) is 5.45. The van der Waals surface area contributed by atoms with Gasteiger partial charge >= 0.3 is 5.97 Å². The third kappa shape index (κ3) is 2.35. The number of nitrogens with two attached hydrogens (primary N) is 1. The number of hydrogen-bond acceptors (Lipinski definition) is 3. The van der Waals surface area contributed by atoms with Gasteiger partial charge < -0.3 is 10.5 Å². The van der Waals surface area contributed by atoms with Crippen molar-refractivity contribution in [1.29, 1.82) is 0 Å². The Morgan fingerprint density at radius 2 is 2.06 bits per heavy atom. The minimum absolute atomic E-state index is 0.223. The van der Waals surface area contributed by atoms with E-state index in [1.165, 1.54) is 7.11 Å². The van der Waals surface area contributed by atoms with Crippen molar-refractivity contribution in [2.45, 2.75) is 33.1 Å². The predicted molar refractivity (Wildman–Crippen MR) is 65.4 cm³/mol. The van der Waals surface area contributed by atoms with E-state index >= 15 is 0 Å². The maximum absolute atomic E-state index is 11.6. The van der Waals surface area contributed by atoms with Crippen LogP contribution in [0.15, 0.2) is 12.1 Å². The van der Waals surface area contributed by atoms with Crippen LogP contribution in [-0.4, -0.2) is 13.1 Å². The van der Waals surface area contributed by atoms with Gasteiger partial charge in [-0.05, 0) is 31.4 Å². The van der Waals surface area contributed by atoms with Gasteiger partial charge in [-0.25, -0.2) is 0 Å². The Hall–Kier alpha value is -1.51. The lowest BCUT2D eigenvalue weighted by atomic mass is 9.91. The molecule has 16 heavy (non-hydrogen) atoms. The van der Waals surface area contributed by atoms with Gasteiger partial charge in [0.25, 0.3) is 0 Å². The standard InChI is InChI=1S/C13H19NO2/c1-5-10(13(15)16-4)11-7-8(2)6-9(3)12(11)14/h6-7,10H,5,14H2,1-4H3. The van der Waals surface area contributed by atoms with E-state index in [1.807, 2.05) is 32.9 Å². The highest BCUT2D eigenvalue weighted by Gasteiger charge is 2.22.